The highest BCUT2D eigenvalue weighted by molar-refractivity contribution is 6.00. The van der Waals surface area contributed by atoms with Crippen LogP contribution in [0.4, 0.5) is 5.69 Å². The first-order valence-corrected chi connectivity index (χ1v) is 7.39. The molecule has 0 radical (unpaired) electrons. The fourth-order valence-corrected chi connectivity index (χ4v) is 2.57. The molecule has 24 heavy (non-hydrogen) atoms. The van der Waals surface area contributed by atoms with Crippen LogP contribution >= 0.6 is 12.4 Å². The molecule has 0 aromatic heterocycles. The van der Waals surface area contributed by atoms with Crippen molar-refractivity contribution in [3.05, 3.63) is 39.4 Å². The second-order valence-corrected chi connectivity index (χ2v) is 5.52. The van der Waals surface area contributed by atoms with E-state index in [1.54, 1.807) is 24.0 Å². The van der Waals surface area contributed by atoms with Crippen LogP contribution in [-0.4, -0.2) is 66.3 Å². The quantitative estimate of drug-likeness (QED) is 0.636. The number of nitro groups is 1. The first-order chi connectivity index (χ1) is 10.9. The maximum atomic E-state index is 12.5. The minimum atomic E-state index is -0.561. The van der Waals surface area contributed by atoms with Crippen LogP contribution in [0.25, 0.3) is 0 Å². The van der Waals surface area contributed by atoms with Crippen molar-refractivity contribution in [2.24, 2.45) is 0 Å². The Bertz CT molecular complexity index is 632. The molecule has 0 bridgehead atoms. The summed E-state index contributed by atoms with van der Waals surface area (Å²) >= 11 is 0. The Kier molecular flexibility index (Phi) is 7.12. The summed E-state index contributed by atoms with van der Waals surface area (Å²) in [5, 5.41) is 14.3. The molecule has 1 N–H and O–H groups in total. The highest BCUT2D eigenvalue weighted by atomic mass is 35.5. The highest BCUT2D eigenvalue weighted by Crippen LogP contribution is 2.24. The molecule has 8 nitrogen and oxygen atoms in total. The summed E-state index contributed by atoms with van der Waals surface area (Å²) in [5.41, 5.74) is 0.215. The van der Waals surface area contributed by atoms with Crippen molar-refractivity contribution in [1.82, 2.24) is 15.1 Å². The van der Waals surface area contributed by atoms with Gasteiger partial charge in [0.15, 0.2) is 0 Å². The summed E-state index contributed by atoms with van der Waals surface area (Å²) in [5.74, 6) is -0.679. The zero-order chi connectivity index (χ0) is 17.0. The smallest absolute Gasteiger partial charge is 0.285 e. The molecule has 1 saturated heterocycles. The highest BCUT2D eigenvalue weighted by Gasteiger charge is 2.27. The number of hydrogen-bond acceptors (Lipinski definition) is 5. The lowest BCUT2D eigenvalue weighted by Gasteiger charge is -2.29. The van der Waals surface area contributed by atoms with Crippen LogP contribution < -0.4 is 5.32 Å². The van der Waals surface area contributed by atoms with Crippen molar-refractivity contribution >= 4 is 29.9 Å². The van der Waals surface area contributed by atoms with Gasteiger partial charge >= 0.3 is 0 Å². The van der Waals surface area contributed by atoms with Gasteiger partial charge in [0, 0.05) is 38.8 Å². The lowest BCUT2D eigenvalue weighted by molar-refractivity contribution is -0.385. The van der Waals surface area contributed by atoms with Gasteiger partial charge < -0.3 is 15.1 Å². The number of halogens is 1. The van der Waals surface area contributed by atoms with E-state index in [1.807, 2.05) is 0 Å². The Balaban J connectivity index is 0.00000288. The number of piperazine rings is 1. The van der Waals surface area contributed by atoms with E-state index in [0.717, 1.165) is 13.1 Å². The Labute approximate surface area is 146 Å². The number of benzene rings is 1. The third-order valence-electron chi connectivity index (χ3n) is 3.84. The van der Waals surface area contributed by atoms with Crippen LogP contribution in [0.3, 0.4) is 0 Å². The number of carbonyl (C=O) groups is 2. The number of nitrogens with one attached hydrogen (secondary N) is 1. The van der Waals surface area contributed by atoms with Crippen molar-refractivity contribution in [2.45, 2.75) is 6.92 Å². The van der Waals surface area contributed by atoms with Crippen LogP contribution in [0.15, 0.2) is 18.2 Å². The number of likely N-dealkylation sites (N-methyl/N-ethyl adjacent to an activating group) is 1. The largest absolute Gasteiger partial charge is 0.339 e. The molecule has 2 amide bonds. The summed E-state index contributed by atoms with van der Waals surface area (Å²) in [4.78, 5) is 38.2. The lowest BCUT2D eigenvalue weighted by Crippen LogP contribution is -2.49. The van der Waals surface area contributed by atoms with Crippen LogP contribution in [0.2, 0.25) is 0 Å². The molecule has 1 aliphatic heterocycles. The summed E-state index contributed by atoms with van der Waals surface area (Å²) < 4.78 is 0. The van der Waals surface area contributed by atoms with E-state index in [4.69, 9.17) is 0 Å². The van der Waals surface area contributed by atoms with Gasteiger partial charge in [0.2, 0.25) is 5.91 Å². The molecule has 0 spiro atoms. The van der Waals surface area contributed by atoms with E-state index < -0.39 is 10.8 Å². The Morgan fingerprint density at radius 2 is 1.96 bits per heavy atom. The zero-order valence-corrected chi connectivity index (χ0v) is 14.5. The topological polar surface area (TPSA) is 95.8 Å². The van der Waals surface area contributed by atoms with Crippen LogP contribution in [0.1, 0.15) is 15.9 Å². The van der Waals surface area contributed by atoms with Gasteiger partial charge in [-0.3, -0.25) is 19.7 Å². The van der Waals surface area contributed by atoms with E-state index in [1.165, 1.54) is 18.0 Å². The Morgan fingerprint density at radius 3 is 2.54 bits per heavy atom. The molecule has 1 fully saturated rings. The molecule has 0 atom stereocenters. The van der Waals surface area contributed by atoms with Gasteiger partial charge in [-0.15, -0.1) is 12.4 Å². The van der Waals surface area contributed by atoms with Gasteiger partial charge in [-0.2, -0.15) is 0 Å². The SMILES string of the molecule is Cc1cccc(C(=O)N(C)CC(=O)N2CCNCC2)c1[N+](=O)[O-].Cl. The van der Waals surface area contributed by atoms with Crippen molar-refractivity contribution < 1.29 is 14.5 Å². The minimum Gasteiger partial charge on any atom is -0.339 e. The van der Waals surface area contributed by atoms with Crippen molar-refractivity contribution in [3.8, 4) is 0 Å². The first kappa shape index (κ1) is 19.9. The van der Waals surface area contributed by atoms with E-state index in [9.17, 15) is 19.7 Å². The normalized spacial score (nSPS) is 13.8. The van der Waals surface area contributed by atoms with Crippen molar-refractivity contribution in [3.63, 3.8) is 0 Å². The predicted molar refractivity (Wildman–Crippen MR) is 91.5 cm³/mol. The molecule has 0 saturated carbocycles. The lowest BCUT2D eigenvalue weighted by atomic mass is 10.1. The number of hydrogen-bond donors (Lipinski definition) is 1. The van der Waals surface area contributed by atoms with E-state index in [2.05, 4.69) is 5.32 Å². The number of amides is 2. The third-order valence-corrected chi connectivity index (χ3v) is 3.84. The summed E-state index contributed by atoms with van der Waals surface area (Å²) in [6.45, 7) is 4.15. The summed E-state index contributed by atoms with van der Waals surface area (Å²) in [6, 6.07) is 4.60. The molecule has 0 aliphatic carbocycles. The van der Waals surface area contributed by atoms with E-state index in [-0.39, 0.29) is 36.1 Å². The molecule has 1 aliphatic rings. The van der Waals surface area contributed by atoms with Gasteiger partial charge in [0.1, 0.15) is 5.56 Å². The first-order valence-electron chi connectivity index (χ1n) is 7.39. The van der Waals surface area contributed by atoms with Gasteiger partial charge in [0.25, 0.3) is 11.6 Å². The fraction of sp³-hybridized carbons (Fsp3) is 0.467. The van der Waals surface area contributed by atoms with Gasteiger partial charge in [-0.25, -0.2) is 0 Å². The van der Waals surface area contributed by atoms with Crippen LogP contribution in [-0.2, 0) is 4.79 Å². The molecule has 1 aromatic carbocycles. The molecule has 0 unspecified atom stereocenters. The standard InChI is InChI=1S/C15H20N4O4.ClH/c1-11-4-3-5-12(14(11)19(22)23)15(21)17(2)10-13(20)18-8-6-16-7-9-18;/h3-5,16H,6-10H2,1-2H3;1H. The number of para-hydroxylation sites is 1. The average Bonchev–Trinajstić information content (AvgIpc) is 2.54. The predicted octanol–water partition coefficient (Wildman–Crippen LogP) is 0.829. The zero-order valence-electron chi connectivity index (χ0n) is 13.7. The average molecular weight is 357 g/mol. The number of aryl methyl sites for hydroxylation is 1. The summed E-state index contributed by atoms with van der Waals surface area (Å²) in [7, 11) is 1.48. The van der Waals surface area contributed by atoms with Crippen LogP contribution in [0.5, 0.6) is 0 Å². The van der Waals surface area contributed by atoms with Crippen molar-refractivity contribution in [2.75, 3.05) is 39.8 Å². The maximum absolute atomic E-state index is 12.5. The van der Waals surface area contributed by atoms with Gasteiger partial charge in [0.05, 0.1) is 11.5 Å². The van der Waals surface area contributed by atoms with Gasteiger partial charge in [-0.05, 0) is 13.0 Å². The van der Waals surface area contributed by atoms with E-state index in [0.29, 0.717) is 18.7 Å². The fourth-order valence-electron chi connectivity index (χ4n) is 2.57. The molecule has 2 rings (SSSR count). The molecule has 1 aromatic rings. The third kappa shape index (κ3) is 4.42. The molecule has 132 valence electrons. The second-order valence-electron chi connectivity index (χ2n) is 5.52. The molecule has 9 heteroatoms. The summed E-state index contributed by atoms with van der Waals surface area (Å²) in [6.07, 6.45) is 0. The number of rotatable bonds is 4. The van der Waals surface area contributed by atoms with Gasteiger partial charge in [-0.1, -0.05) is 12.1 Å². The minimum absolute atomic E-state index is 0. The second kappa shape index (κ2) is 8.60. The Hall–Kier alpha value is -2.19. The van der Waals surface area contributed by atoms with Crippen molar-refractivity contribution in [1.29, 1.82) is 0 Å². The maximum Gasteiger partial charge on any atom is 0.285 e. The molecule has 1 heterocycles. The number of carbonyl (C=O) groups excluding carboxylic acids is 2. The monoisotopic (exact) mass is 356 g/mol. The number of nitrogens with zero attached hydrogens (tertiary/aromatic N) is 3. The van der Waals surface area contributed by atoms with Crippen LogP contribution in [0, 0.1) is 17.0 Å². The number of nitro benzene ring substituents is 1. The molecular formula is C15H21ClN4O4. The molecular weight excluding hydrogens is 336 g/mol. The van der Waals surface area contributed by atoms with E-state index >= 15 is 0 Å². The Morgan fingerprint density at radius 1 is 1.33 bits per heavy atom.